The van der Waals surface area contributed by atoms with Crippen molar-refractivity contribution in [3.05, 3.63) is 29.3 Å². The van der Waals surface area contributed by atoms with Crippen LogP contribution < -0.4 is 5.32 Å². The third kappa shape index (κ3) is 5.55. The van der Waals surface area contributed by atoms with Crippen LogP contribution in [-0.2, 0) is 9.53 Å². The van der Waals surface area contributed by atoms with E-state index in [-0.39, 0.29) is 11.7 Å². The number of anilines is 1. The molecule has 0 heterocycles. The van der Waals surface area contributed by atoms with E-state index in [4.69, 9.17) is 4.74 Å². The van der Waals surface area contributed by atoms with Crippen molar-refractivity contribution in [3.8, 4) is 0 Å². The number of unbranched alkanes of at least 4 members (excludes halogenated alkanes) is 2. The Morgan fingerprint density at radius 1 is 1.20 bits per heavy atom. The topological polar surface area (TPSA) is 38.3 Å². The van der Waals surface area contributed by atoms with Crippen LogP contribution in [-0.4, -0.2) is 19.1 Å². The zero-order chi connectivity index (χ0) is 15.0. The molecule has 0 fully saturated rings. The summed E-state index contributed by atoms with van der Waals surface area (Å²) in [4.78, 5) is 11.1. The summed E-state index contributed by atoms with van der Waals surface area (Å²) in [5, 5.41) is 2.86. The molecule has 112 valence electrons. The fraction of sp³-hybridized carbons (Fsp3) is 0.533. The van der Waals surface area contributed by atoms with Crippen LogP contribution in [0.2, 0.25) is 0 Å². The van der Waals surface area contributed by atoms with Gasteiger partial charge in [0.15, 0.2) is 0 Å². The molecule has 0 spiro atoms. The highest BCUT2D eigenvalue weighted by atomic mass is 19.1. The summed E-state index contributed by atoms with van der Waals surface area (Å²) in [7, 11) is 0. The van der Waals surface area contributed by atoms with Gasteiger partial charge in [-0.05, 0) is 38.3 Å². The molecule has 0 aliphatic rings. The van der Waals surface area contributed by atoms with Gasteiger partial charge in [0.2, 0.25) is 0 Å². The molecular weight excluding hydrogens is 264 g/mol. The zero-order valence-electron chi connectivity index (χ0n) is 12.0. The summed E-state index contributed by atoms with van der Waals surface area (Å²) >= 11 is 0. The Balaban J connectivity index is 2.22. The Morgan fingerprint density at radius 2 is 1.95 bits per heavy atom. The molecule has 0 aliphatic carbocycles. The number of rotatable bonds is 8. The lowest BCUT2D eigenvalue weighted by atomic mass is 10.1. The highest BCUT2D eigenvalue weighted by molar-refractivity contribution is 5.69. The standard InChI is InChI=1S/C15H21F2NO2/c1-3-20-15(19)7-5-4-6-8-18-14-10-12(16)11(2)9-13(14)17/h9-10,18H,3-8H2,1-2H3. The Kier molecular flexibility index (Phi) is 6.98. The monoisotopic (exact) mass is 285 g/mol. The second-order valence-corrected chi connectivity index (χ2v) is 4.62. The quantitative estimate of drug-likeness (QED) is 0.583. The first-order valence-corrected chi connectivity index (χ1v) is 6.89. The van der Waals surface area contributed by atoms with Crippen molar-refractivity contribution in [2.75, 3.05) is 18.5 Å². The molecule has 0 amide bonds. The number of carbonyl (C=O) groups excluding carboxylic acids is 1. The predicted molar refractivity (Wildman–Crippen MR) is 74.7 cm³/mol. The van der Waals surface area contributed by atoms with Crippen molar-refractivity contribution >= 4 is 11.7 Å². The molecule has 0 saturated carbocycles. The van der Waals surface area contributed by atoms with Crippen LogP contribution in [0.4, 0.5) is 14.5 Å². The lowest BCUT2D eigenvalue weighted by Crippen LogP contribution is -2.06. The largest absolute Gasteiger partial charge is 0.466 e. The van der Waals surface area contributed by atoms with E-state index in [9.17, 15) is 13.6 Å². The van der Waals surface area contributed by atoms with E-state index < -0.39 is 11.6 Å². The van der Waals surface area contributed by atoms with Gasteiger partial charge in [-0.15, -0.1) is 0 Å². The van der Waals surface area contributed by atoms with Gasteiger partial charge in [0.25, 0.3) is 0 Å². The maximum atomic E-state index is 13.5. The van der Waals surface area contributed by atoms with Gasteiger partial charge in [-0.2, -0.15) is 0 Å². The maximum Gasteiger partial charge on any atom is 0.305 e. The molecule has 5 heteroatoms. The average Bonchev–Trinajstić information content (AvgIpc) is 2.39. The Bertz CT molecular complexity index is 450. The number of ether oxygens (including phenoxy) is 1. The van der Waals surface area contributed by atoms with Gasteiger partial charge in [-0.3, -0.25) is 4.79 Å². The molecule has 1 N–H and O–H groups in total. The zero-order valence-corrected chi connectivity index (χ0v) is 12.0. The predicted octanol–water partition coefficient (Wildman–Crippen LogP) is 3.81. The van der Waals surface area contributed by atoms with E-state index in [1.807, 2.05) is 0 Å². The molecule has 0 aliphatic heterocycles. The van der Waals surface area contributed by atoms with Crippen LogP contribution in [0.5, 0.6) is 0 Å². The molecule has 1 aromatic carbocycles. The van der Waals surface area contributed by atoms with E-state index >= 15 is 0 Å². The van der Waals surface area contributed by atoms with Crippen LogP contribution in [0.15, 0.2) is 12.1 Å². The number of carbonyl (C=O) groups is 1. The summed E-state index contributed by atoms with van der Waals surface area (Å²) in [5.41, 5.74) is 0.473. The Labute approximate surface area is 118 Å². The lowest BCUT2D eigenvalue weighted by molar-refractivity contribution is -0.143. The average molecular weight is 285 g/mol. The fourth-order valence-electron chi connectivity index (χ4n) is 1.81. The second-order valence-electron chi connectivity index (χ2n) is 4.62. The van der Waals surface area contributed by atoms with E-state index in [0.717, 1.165) is 19.3 Å². The number of halogens is 2. The van der Waals surface area contributed by atoms with Gasteiger partial charge in [-0.25, -0.2) is 8.78 Å². The van der Waals surface area contributed by atoms with Crippen LogP contribution in [0.1, 0.15) is 38.2 Å². The third-order valence-corrected chi connectivity index (χ3v) is 2.93. The lowest BCUT2D eigenvalue weighted by Gasteiger charge is -2.09. The number of aryl methyl sites for hydroxylation is 1. The van der Waals surface area contributed by atoms with Crippen molar-refractivity contribution in [3.63, 3.8) is 0 Å². The molecule has 0 aromatic heterocycles. The van der Waals surface area contributed by atoms with Crippen LogP contribution in [0, 0.1) is 18.6 Å². The molecule has 0 bridgehead atoms. The molecule has 0 atom stereocenters. The van der Waals surface area contributed by atoms with Gasteiger partial charge in [0.05, 0.1) is 12.3 Å². The minimum absolute atomic E-state index is 0.179. The van der Waals surface area contributed by atoms with Gasteiger partial charge >= 0.3 is 5.97 Å². The Hall–Kier alpha value is -1.65. The molecule has 1 rings (SSSR count). The second kappa shape index (κ2) is 8.51. The van der Waals surface area contributed by atoms with Crippen LogP contribution >= 0.6 is 0 Å². The third-order valence-electron chi connectivity index (χ3n) is 2.93. The summed E-state index contributed by atoms with van der Waals surface area (Å²) in [5.74, 6) is -1.06. The van der Waals surface area contributed by atoms with E-state index in [0.29, 0.717) is 25.1 Å². The minimum atomic E-state index is -0.449. The highest BCUT2D eigenvalue weighted by Gasteiger charge is 2.06. The summed E-state index contributed by atoms with van der Waals surface area (Å²) in [6.07, 6.45) is 2.77. The fourth-order valence-corrected chi connectivity index (χ4v) is 1.81. The van der Waals surface area contributed by atoms with E-state index in [1.165, 1.54) is 19.1 Å². The number of esters is 1. The first-order valence-electron chi connectivity index (χ1n) is 6.89. The summed E-state index contributed by atoms with van der Waals surface area (Å²) in [6.45, 7) is 4.25. The van der Waals surface area contributed by atoms with Gasteiger partial charge < -0.3 is 10.1 Å². The SMILES string of the molecule is CCOC(=O)CCCCCNc1cc(F)c(C)cc1F. The number of benzene rings is 1. The molecule has 0 radical (unpaired) electrons. The van der Waals surface area contributed by atoms with Crippen molar-refractivity contribution in [2.24, 2.45) is 0 Å². The first-order chi connectivity index (χ1) is 9.54. The Morgan fingerprint density at radius 3 is 2.65 bits per heavy atom. The number of nitrogens with one attached hydrogen (secondary N) is 1. The molecule has 0 saturated heterocycles. The van der Waals surface area contributed by atoms with Crippen LogP contribution in [0.3, 0.4) is 0 Å². The summed E-state index contributed by atoms with van der Waals surface area (Å²) in [6, 6.07) is 2.35. The number of hydrogen-bond acceptors (Lipinski definition) is 3. The normalized spacial score (nSPS) is 10.4. The highest BCUT2D eigenvalue weighted by Crippen LogP contribution is 2.18. The molecule has 20 heavy (non-hydrogen) atoms. The maximum absolute atomic E-state index is 13.5. The van der Waals surface area contributed by atoms with Crippen molar-refractivity contribution in [1.29, 1.82) is 0 Å². The van der Waals surface area contributed by atoms with Gasteiger partial charge in [-0.1, -0.05) is 6.42 Å². The van der Waals surface area contributed by atoms with Gasteiger partial charge in [0.1, 0.15) is 11.6 Å². The molecular formula is C15H21F2NO2. The first kappa shape index (κ1) is 16.4. The van der Waals surface area contributed by atoms with Gasteiger partial charge in [0, 0.05) is 19.0 Å². The molecule has 3 nitrogen and oxygen atoms in total. The smallest absolute Gasteiger partial charge is 0.305 e. The van der Waals surface area contributed by atoms with E-state index in [1.54, 1.807) is 6.92 Å². The van der Waals surface area contributed by atoms with E-state index in [2.05, 4.69) is 5.32 Å². The van der Waals surface area contributed by atoms with Crippen molar-refractivity contribution in [1.82, 2.24) is 0 Å². The summed E-state index contributed by atoms with van der Waals surface area (Å²) < 4.78 is 31.6. The molecule has 1 aromatic rings. The number of hydrogen-bond donors (Lipinski definition) is 1. The van der Waals surface area contributed by atoms with Crippen LogP contribution in [0.25, 0.3) is 0 Å². The minimum Gasteiger partial charge on any atom is -0.466 e. The van der Waals surface area contributed by atoms with Crippen molar-refractivity contribution in [2.45, 2.75) is 39.5 Å². The molecule has 0 unspecified atom stereocenters. The van der Waals surface area contributed by atoms with Crippen molar-refractivity contribution < 1.29 is 18.3 Å².